The van der Waals surface area contributed by atoms with Crippen molar-refractivity contribution in [1.29, 1.82) is 0 Å². The number of aromatic nitrogens is 1. The van der Waals surface area contributed by atoms with E-state index >= 15 is 0 Å². The van der Waals surface area contributed by atoms with Gasteiger partial charge in [0.05, 0.1) is 23.9 Å². The Kier molecular flexibility index (Phi) is 5.99. The van der Waals surface area contributed by atoms with Crippen LogP contribution in [0.4, 0.5) is 0 Å². The number of ketones is 1. The van der Waals surface area contributed by atoms with Gasteiger partial charge in [0.25, 0.3) is 0 Å². The number of hydrogen-bond acceptors (Lipinski definition) is 5. The lowest BCUT2D eigenvalue weighted by Gasteiger charge is -2.15. The van der Waals surface area contributed by atoms with Crippen molar-refractivity contribution in [2.45, 2.75) is 20.0 Å². The van der Waals surface area contributed by atoms with E-state index in [0.29, 0.717) is 27.7 Å². The van der Waals surface area contributed by atoms with Crippen molar-refractivity contribution < 1.29 is 19.1 Å². The summed E-state index contributed by atoms with van der Waals surface area (Å²) in [6.07, 6.45) is -0.914. The van der Waals surface area contributed by atoms with Crippen molar-refractivity contribution in [3.05, 3.63) is 95.6 Å². The third kappa shape index (κ3) is 4.37. The van der Waals surface area contributed by atoms with Crippen molar-refractivity contribution in [3.63, 3.8) is 0 Å². The number of fused-ring (bicyclic) bond motifs is 1. The predicted molar refractivity (Wildman–Crippen MR) is 124 cm³/mol. The molecule has 0 aliphatic rings. The molecule has 0 aliphatic heterocycles. The molecule has 4 rings (SSSR count). The van der Waals surface area contributed by atoms with Gasteiger partial charge < -0.3 is 9.47 Å². The van der Waals surface area contributed by atoms with Gasteiger partial charge in [-0.05, 0) is 56.3 Å². The number of nitrogens with zero attached hydrogens (tertiary/aromatic N) is 1. The first-order valence-corrected chi connectivity index (χ1v) is 10.3. The normalized spacial score (nSPS) is 11.7. The zero-order chi connectivity index (χ0) is 22.7. The number of pyridine rings is 1. The first-order valence-electron chi connectivity index (χ1n) is 10.3. The van der Waals surface area contributed by atoms with Crippen LogP contribution in [-0.4, -0.2) is 30.0 Å². The summed E-state index contributed by atoms with van der Waals surface area (Å²) in [7, 11) is 1.61. The van der Waals surface area contributed by atoms with Crippen molar-refractivity contribution in [1.82, 2.24) is 4.98 Å². The van der Waals surface area contributed by atoms with E-state index in [0.717, 1.165) is 16.9 Å². The second-order valence-electron chi connectivity index (χ2n) is 7.58. The fourth-order valence-corrected chi connectivity index (χ4v) is 3.53. The Balaban J connectivity index is 1.71. The van der Waals surface area contributed by atoms with Crippen LogP contribution in [-0.2, 0) is 4.74 Å². The Hall–Kier alpha value is -3.99. The number of methoxy groups -OCH3 is 1. The van der Waals surface area contributed by atoms with Crippen molar-refractivity contribution in [3.8, 4) is 17.0 Å². The van der Waals surface area contributed by atoms with Gasteiger partial charge in [0.2, 0.25) is 5.78 Å². The molecule has 1 heterocycles. The fourth-order valence-electron chi connectivity index (χ4n) is 3.53. The van der Waals surface area contributed by atoms with Crippen LogP contribution < -0.4 is 4.74 Å². The highest BCUT2D eigenvalue weighted by Crippen LogP contribution is 2.28. The number of aryl methyl sites for hydroxylation is 1. The summed E-state index contributed by atoms with van der Waals surface area (Å²) in [4.78, 5) is 30.6. The number of rotatable bonds is 6. The van der Waals surface area contributed by atoms with Gasteiger partial charge in [0, 0.05) is 16.5 Å². The van der Waals surface area contributed by atoms with Gasteiger partial charge >= 0.3 is 5.97 Å². The molecule has 160 valence electrons. The predicted octanol–water partition coefficient (Wildman–Crippen LogP) is 5.65. The van der Waals surface area contributed by atoms with Gasteiger partial charge in [0.1, 0.15) is 5.75 Å². The first kappa shape index (κ1) is 21.2. The summed E-state index contributed by atoms with van der Waals surface area (Å²) in [5.41, 5.74) is 4.03. The number of carbonyl (C=O) groups excluding carboxylic acids is 2. The quantitative estimate of drug-likeness (QED) is 0.295. The Morgan fingerprint density at radius 1 is 0.906 bits per heavy atom. The van der Waals surface area contributed by atoms with Crippen LogP contribution in [0.5, 0.6) is 5.75 Å². The van der Waals surface area contributed by atoms with Crippen LogP contribution in [0, 0.1) is 6.92 Å². The van der Waals surface area contributed by atoms with Crippen molar-refractivity contribution in [2.24, 2.45) is 0 Å². The molecule has 5 nitrogen and oxygen atoms in total. The first-order chi connectivity index (χ1) is 15.5. The van der Waals surface area contributed by atoms with E-state index in [1.165, 1.54) is 0 Å². The summed E-state index contributed by atoms with van der Waals surface area (Å²) in [5, 5.41) is 0.687. The Morgan fingerprint density at radius 2 is 1.62 bits per heavy atom. The Morgan fingerprint density at radius 3 is 2.31 bits per heavy atom. The summed E-state index contributed by atoms with van der Waals surface area (Å²) < 4.78 is 10.8. The molecule has 0 amide bonds. The second kappa shape index (κ2) is 9.02. The van der Waals surface area contributed by atoms with Gasteiger partial charge in [0.15, 0.2) is 6.10 Å². The molecule has 1 atom stereocenters. The average molecular weight is 425 g/mol. The fraction of sp³-hybridized carbons (Fsp3) is 0.148. The highest BCUT2D eigenvalue weighted by molar-refractivity contribution is 6.07. The van der Waals surface area contributed by atoms with E-state index in [-0.39, 0.29) is 5.78 Å². The van der Waals surface area contributed by atoms with Crippen LogP contribution in [0.15, 0.2) is 78.9 Å². The summed E-state index contributed by atoms with van der Waals surface area (Å²) in [6.45, 7) is 3.54. The van der Waals surface area contributed by atoms with E-state index in [4.69, 9.17) is 14.5 Å². The molecule has 1 unspecified atom stereocenters. The number of esters is 1. The molecule has 3 aromatic carbocycles. The minimum atomic E-state index is -0.914. The highest BCUT2D eigenvalue weighted by atomic mass is 16.5. The summed E-state index contributed by atoms with van der Waals surface area (Å²) >= 11 is 0. The van der Waals surface area contributed by atoms with Gasteiger partial charge in [-0.25, -0.2) is 9.78 Å². The summed E-state index contributed by atoms with van der Waals surface area (Å²) in [6, 6.07) is 23.7. The molecular weight excluding hydrogens is 402 g/mol. The largest absolute Gasteiger partial charge is 0.497 e. The summed E-state index contributed by atoms with van der Waals surface area (Å²) in [5.74, 6) is -0.0727. The smallest absolute Gasteiger partial charge is 0.339 e. The van der Waals surface area contributed by atoms with E-state index in [2.05, 4.69) is 0 Å². The van der Waals surface area contributed by atoms with Gasteiger partial charge in [-0.2, -0.15) is 0 Å². The van der Waals surface area contributed by atoms with Crippen LogP contribution >= 0.6 is 0 Å². The third-order valence-electron chi connectivity index (χ3n) is 5.28. The van der Waals surface area contributed by atoms with Gasteiger partial charge in [-0.15, -0.1) is 0 Å². The maximum Gasteiger partial charge on any atom is 0.339 e. The standard InChI is InChI=1S/C27H23NO4/c1-17-9-14-24-22(15-17)23(16-25(28-24)19-10-12-21(31-3)13-11-19)27(30)32-18(2)26(29)20-7-5-4-6-8-20/h4-16,18H,1-3H3. The molecule has 1 aromatic heterocycles. The zero-order valence-corrected chi connectivity index (χ0v) is 18.2. The molecule has 5 heteroatoms. The maximum atomic E-state index is 13.2. The number of benzene rings is 3. The number of ether oxygens (including phenoxy) is 2. The number of carbonyl (C=O) groups is 2. The second-order valence-corrected chi connectivity index (χ2v) is 7.58. The average Bonchev–Trinajstić information content (AvgIpc) is 2.83. The van der Waals surface area contributed by atoms with E-state index < -0.39 is 12.1 Å². The third-order valence-corrected chi connectivity index (χ3v) is 5.28. The molecule has 0 aliphatic carbocycles. The number of hydrogen-bond donors (Lipinski definition) is 0. The molecule has 4 aromatic rings. The highest BCUT2D eigenvalue weighted by Gasteiger charge is 2.22. The van der Waals surface area contributed by atoms with E-state index in [1.54, 1.807) is 44.4 Å². The van der Waals surface area contributed by atoms with Crippen LogP contribution in [0.1, 0.15) is 33.2 Å². The molecular formula is C27H23NO4. The zero-order valence-electron chi connectivity index (χ0n) is 18.2. The van der Waals surface area contributed by atoms with Crippen molar-refractivity contribution >= 4 is 22.7 Å². The lowest BCUT2D eigenvalue weighted by atomic mass is 10.0. The minimum absolute atomic E-state index is 0.246. The van der Waals surface area contributed by atoms with E-state index in [1.807, 2.05) is 55.5 Å². The molecule has 0 radical (unpaired) electrons. The molecule has 0 N–H and O–H groups in total. The molecule has 0 bridgehead atoms. The van der Waals surface area contributed by atoms with Crippen LogP contribution in [0.2, 0.25) is 0 Å². The van der Waals surface area contributed by atoms with Crippen LogP contribution in [0.3, 0.4) is 0 Å². The Labute approximate surface area is 186 Å². The monoisotopic (exact) mass is 425 g/mol. The van der Waals surface area contributed by atoms with Gasteiger partial charge in [-0.3, -0.25) is 4.79 Å². The molecule has 0 fully saturated rings. The lowest BCUT2D eigenvalue weighted by Crippen LogP contribution is -2.24. The molecule has 0 saturated carbocycles. The van der Waals surface area contributed by atoms with E-state index in [9.17, 15) is 9.59 Å². The maximum absolute atomic E-state index is 13.2. The lowest BCUT2D eigenvalue weighted by molar-refractivity contribution is 0.0320. The molecule has 32 heavy (non-hydrogen) atoms. The molecule has 0 saturated heterocycles. The van der Waals surface area contributed by atoms with Crippen LogP contribution in [0.25, 0.3) is 22.2 Å². The van der Waals surface area contributed by atoms with Crippen molar-refractivity contribution in [2.75, 3.05) is 7.11 Å². The Bertz CT molecular complexity index is 1280. The molecule has 0 spiro atoms. The SMILES string of the molecule is COc1ccc(-c2cc(C(=O)OC(C)C(=O)c3ccccc3)c3cc(C)ccc3n2)cc1. The number of Topliss-reactive ketones (excluding diaryl/α,β-unsaturated/α-hetero) is 1. The van der Waals surface area contributed by atoms with Gasteiger partial charge in [-0.1, -0.05) is 42.0 Å². The topological polar surface area (TPSA) is 65.5 Å². The minimum Gasteiger partial charge on any atom is -0.497 e.